The Kier molecular flexibility index (Phi) is 3.77. The highest BCUT2D eigenvalue weighted by molar-refractivity contribution is 7.99. The average molecular weight is 251 g/mol. The van der Waals surface area contributed by atoms with Gasteiger partial charge in [-0.05, 0) is 12.1 Å². The van der Waals surface area contributed by atoms with Crippen LogP contribution in [0.1, 0.15) is 0 Å². The van der Waals surface area contributed by atoms with E-state index < -0.39 is 6.01 Å². The van der Waals surface area contributed by atoms with Crippen molar-refractivity contribution in [3.8, 4) is 0 Å². The van der Waals surface area contributed by atoms with E-state index in [4.69, 9.17) is 0 Å². The molecule has 2 rings (SSSR count). The van der Waals surface area contributed by atoms with Crippen LogP contribution in [-0.4, -0.2) is 22.0 Å². The molecule has 17 heavy (non-hydrogen) atoms. The van der Waals surface area contributed by atoms with Gasteiger partial charge in [-0.15, -0.1) is 0 Å². The maximum absolute atomic E-state index is 12.3. The fraction of sp³-hybridized carbons (Fsp3) is 0.0909. The normalized spacial score (nSPS) is 10.2. The predicted octanol–water partition coefficient (Wildman–Crippen LogP) is 2.68. The molecule has 0 amide bonds. The molecule has 0 unspecified atom stereocenters. The summed E-state index contributed by atoms with van der Waals surface area (Å²) in [4.78, 5) is 15.3. The molecule has 0 saturated heterocycles. The third-order valence-electron chi connectivity index (χ3n) is 2.14. The molecule has 0 aliphatic rings. The van der Waals surface area contributed by atoms with Crippen LogP contribution in [0.25, 0.3) is 0 Å². The van der Waals surface area contributed by atoms with Crippen molar-refractivity contribution in [1.29, 1.82) is 0 Å². The number of hydrogen-bond acceptors (Lipinski definition) is 4. The lowest BCUT2D eigenvalue weighted by molar-refractivity contribution is 0.548. The first kappa shape index (κ1) is 11.7. The molecule has 0 bridgehead atoms. The van der Waals surface area contributed by atoms with Gasteiger partial charge in [-0.25, -0.2) is 9.37 Å². The summed E-state index contributed by atoms with van der Waals surface area (Å²) in [7, 11) is 0. The van der Waals surface area contributed by atoms with E-state index in [0.29, 0.717) is 12.2 Å². The smallest absolute Gasteiger partial charge is 0.220 e. The molecule has 0 spiro atoms. The van der Waals surface area contributed by atoms with Crippen molar-refractivity contribution < 1.29 is 9.18 Å². The van der Waals surface area contributed by atoms with Gasteiger partial charge in [-0.1, -0.05) is 23.9 Å². The SMILES string of the molecule is O=Cn1cncc1Nc1ccccc1SCF. The van der Waals surface area contributed by atoms with Crippen molar-refractivity contribution in [3.05, 3.63) is 36.8 Å². The summed E-state index contributed by atoms with van der Waals surface area (Å²) >= 11 is 1.09. The van der Waals surface area contributed by atoms with Crippen molar-refractivity contribution >= 4 is 29.7 Å². The van der Waals surface area contributed by atoms with E-state index in [2.05, 4.69) is 10.3 Å². The number of anilines is 2. The molecule has 0 aliphatic heterocycles. The van der Waals surface area contributed by atoms with Crippen molar-refractivity contribution in [2.75, 3.05) is 11.3 Å². The van der Waals surface area contributed by atoms with E-state index in [1.54, 1.807) is 0 Å². The Morgan fingerprint density at radius 1 is 1.47 bits per heavy atom. The number of para-hydroxylation sites is 1. The number of benzene rings is 1. The summed E-state index contributed by atoms with van der Waals surface area (Å²) in [5, 5.41) is 3.04. The van der Waals surface area contributed by atoms with E-state index in [-0.39, 0.29) is 0 Å². The van der Waals surface area contributed by atoms with Gasteiger partial charge in [0.2, 0.25) is 6.41 Å². The van der Waals surface area contributed by atoms with Gasteiger partial charge in [0.15, 0.2) is 0 Å². The van der Waals surface area contributed by atoms with Crippen LogP contribution >= 0.6 is 11.8 Å². The van der Waals surface area contributed by atoms with E-state index in [9.17, 15) is 9.18 Å². The van der Waals surface area contributed by atoms with Crippen LogP contribution in [0.4, 0.5) is 15.9 Å². The molecule has 4 nitrogen and oxygen atoms in total. The summed E-state index contributed by atoms with van der Waals surface area (Å²) in [6, 6.07) is 6.81. The first-order valence-electron chi connectivity index (χ1n) is 4.87. The largest absolute Gasteiger partial charge is 0.339 e. The van der Waals surface area contributed by atoms with Crippen LogP contribution in [0.15, 0.2) is 41.7 Å². The van der Waals surface area contributed by atoms with Gasteiger partial charge in [0.25, 0.3) is 0 Å². The van der Waals surface area contributed by atoms with Crippen molar-refractivity contribution in [2.24, 2.45) is 0 Å². The second-order valence-electron chi connectivity index (χ2n) is 3.17. The molecular formula is C11H10FN3OS. The van der Waals surface area contributed by atoms with Gasteiger partial charge in [-0.2, -0.15) is 0 Å². The molecule has 1 aromatic carbocycles. The second kappa shape index (κ2) is 5.49. The van der Waals surface area contributed by atoms with Crippen LogP contribution in [0.5, 0.6) is 0 Å². The number of carbonyl (C=O) groups is 1. The highest BCUT2D eigenvalue weighted by Gasteiger charge is 2.05. The lowest BCUT2D eigenvalue weighted by Crippen LogP contribution is -2.00. The monoisotopic (exact) mass is 251 g/mol. The highest BCUT2D eigenvalue weighted by atomic mass is 32.2. The fourth-order valence-corrected chi connectivity index (χ4v) is 1.94. The summed E-state index contributed by atoms with van der Waals surface area (Å²) < 4.78 is 13.7. The Bertz CT molecular complexity index is 515. The first-order chi connectivity index (χ1) is 8.35. The lowest BCUT2D eigenvalue weighted by Gasteiger charge is -2.09. The summed E-state index contributed by atoms with van der Waals surface area (Å²) in [6.07, 6.45) is 3.59. The number of rotatable bonds is 5. The first-order valence-corrected chi connectivity index (χ1v) is 5.85. The maximum atomic E-state index is 12.3. The third-order valence-corrected chi connectivity index (χ3v) is 2.92. The standard InChI is InChI=1S/C11H10FN3OS/c12-6-17-10-4-2-1-3-9(10)14-11-5-13-7-15(11)8-16/h1-5,7-8,14H,6H2. The Morgan fingerprint density at radius 2 is 2.29 bits per heavy atom. The second-order valence-corrected chi connectivity index (χ2v) is 4.11. The minimum Gasteiger partial charge on any atom is -0.339 e. The van der Waals surface area contributed by atoms with Crippen molar-refractivity contribution in [3.63, 3.8) is 0 Å². The summed E-state index contributed by atoms with van der Waals surface area (Å²) in [5.74, 6) is 0.548. The molecule has 6 heteroatoms. The Balaban J connectivity index is 2.26. The summed E-state index contributed by atoms with van der Waals surface area (Å²) in [6.45, 7) is 0. The molecule has 1 N–H and O–H groups in total. The quantitative estimate of drug-likeness (QED) is 0.655. The maximum Gasteiger partial charge on any atom is 0.220 e. The molecule has 0 saturated carbocycles. The molecular weight excluding hydrogens is 241 g/mol. The number of thioether (sulfide) groups is 1. The minimum absolute atomic E-state index is 0.494. The van der Waals surface area contributed by atoms with Gasteiger partial charge in [0, 0.05) is 4.90 Å². The van der Waals surface area contributed by atoms with Crippen molar-refractivity contribution in [2.45, 2.75) is 4.90 Å². The molecule has 1 heterocycles. The van der Waals surface area contributed by atoms with Gasteiger partial charge >= 0.3 is 0 Å². The van der Waals surface area contributed by atoms with Gasteiger partial charge in [0.05, 0.1) is 11.9 Å². The molecule has 88 valence electrons. The molecule has 2 aromatic rings. The zero-order valence-electron chi connectivity index (χ0n) is 8.84. The number of hydrogen-bond donors (Lipinski definition) is 1. The minimum atomic E-state index is -0.494. The Labute approximate surface area is 102 Å². The average Bonchev–Trinajstić information content (AvgIpc) is 2.79. The topological polar surface area (TPSA) is 46.9 Å². The van der Waals surface area contributed by atoms with Gasteiger partial charge in [0.1, 0.15) is 18.2 Å². The molecule has 0 radical (unpaired) electrons. The van der Waals surface area contributed by atoms with E-state index in [1.165, 1.54) is 17.1 Å². The molecule has 1 aromatic heterocycles. The lowest BCUT2D eigenvalue weighted by atomic mass is 10.3. The third kappa shape index (κ3) is 2.65. The van der Waals surface area contributed by atoms with Gasteiger partial charge < -0.3 is 5.32 Å². The predicted molar refractivity (Wildman–Crippen MR) is 65.9 cm³/mol. The molecule has 0 fully saturated rings. The van der Waals surface area contributed by atoms with E-state index >= 15 is 0 Å². The van der Waals surface area contributed by atoms with E-state index in [0.717, 1.165) is 22.3 Å². The number of nitrogens with zero attached hydrogens (tertiary/aromatic N) is 2. The number of aromatic nitrogens is 2. The van der Waals surface area contributed by atoms with Crippen molar-refractivity contribution in [1.82, 2.24) is 9.55 Å². The van der Waals surface area contributed by atoms with Crippen LogP contribution in [-0.2, 0) is 4.79 Å². The zero-order valence-corrected chi connectivity index (χ0v) is 9.65. The zero-order chi connectivity index (χ0) is 12.1. The molecule has 0 aliphatic carbocycles. The number of nitrogens with one attached hydrogen (secondary N) is 1. The number of imidazole rings is 1. The number of carbonyl (C=O) groups excluding carboxylic acids is 1. The fourth-order valence-electron chi connectivity index (χ4n) is 1.38. The van der Waals surface area contributed by atoms with Crippen LogP contribution in [0.3, 0.4) is 0 Å². The Hall–Kier alpha value is -1.82. The van der Waals surface area contributed by atoms with Crippen LogP contribution in [0.2, 0.25) is 0 Å². The number of alkyl halides is 1. The highest BCUT2D eigenvalue weighted by Crippen LogP contribution is 2.29. The molecule has 0 atom stereocenters. The van der Waals surface area contributed by atoms with Crippen LogP contribution < -0.4 is 5.32 Å². The summed E-state index contributed by atoms with van der Waals surface area (Å²) in [5.41, 5.74) is 0.749. The van der Waals surface area contributed by atoms with E-state index in [1.807, 2.05) is 24.3 Å². The Morgan fingerprint density at radius 3 is 3.06 bits per heavy atom. The van der Waals surface area contributed by atoms with Gasteiger partial charge in [-0.3, -0.25) is 9.36 Å². The van der Waals surface area contributed by atoms with Crippen LogP contribution in [0, 0.1) is 0 Å². The number of halogens is 1.